The van der Waals surface area contributed by atoms with Crippen LogP contribution in [0.25, 0.3) is 0 Å². The summed E-state index contributed by atoms with van der Waals surface area (Å²) in [6.07, 6.45) is 4.24. The molecule has 2 aromatic rings. The third-order valence-electron chi connectivity index (χ3n) is 4.36. The largest absolute Gasteiger partial charge is 0.492 e. The van der Waals surface area contributed by atoms with Crippen LogP contribution in [0.4, 0.5) is 0 Å². The van der Waals surface area contributed by atoms with Gasteiger partial charge in [-0.05, 0) is 52.3 Å². The Labute approximate surface area is 131 Å². The Balaban J connectivity index is 1.74. The third kappa shape index (κ3) is 2.99. The number of likely N-dealkylation sites (tertiary alicyclic amines) is 1. The van der Waals surface area contributed by atoms with E-state index in [1.807, 2.05) is 19.2 Å². The molecule has 0 aliphatic carbocycles. The summed E-state index contributed by atoms with van der Waals surface area (Å²) in [6.45, 7) is 8.85. The van der Waals surface area contributed by atoms with Gasteiger partial charge in [-0.1, -0.05) is 0 Å². The molecule has 0 amide bonds. The van der Waals surface area contributed by atoms with Gasteiger partial charge >= 0.3 is 0 Å². The maximum atomic E-state index is 5.45. The average molecular weight is 300 g/mol. The maximum absolute atomic E-state index is 5.45. The Hall–Kier alpha value is -1.88. The zero-order chi connectivity index (χ0) is 15.5. The van der Waals surface area contributed by atoms with Gasteiger partial charge in [-0.25, -0.2) is 0 Å². The molecule has 1 aliphatic heterocycles. The minimum Gasteiger partial charge on any atom is -0.492 e. The monoisotopic (exact) mass is 300 g/mol. The predicted octanol–water partition coefficient (Wildman–Crippen LogP) is 3.16. The molecule has 1 fully saturated rings. The standard InChI is InChI=1S/C17H24N4O/c1-4-22-15-8-7-14(18-10-15)11-21-9-5-6-16(21)17-12(2)19-20-13(17)3/h7-8,10,16H,4-6,9,11H2,1-3H3,(H,19,20). The number of aromatic amines is 1. The average Bonchev–Trinajstić information content (AvgIpc) is 3.08. The van der Waals surface area contributed by atoms with Gasteiger partial charge in [0.1, 0.15) is 5.75 Å². The summed E-state index contributed by atoms with van der Waals surface area (Å²) in [7, 11) is 0. The minimum atomic E-state index is 0.451. The first-order chi connectivity index (χ1) is 10.7. The van der Waals surface area contributed by atoms with Crippen molar-refractivity contribution in [2.75, 3.05) is 13.2 Å². The normalized spacial score (nSPS) is 18.8. The molecule has 0 spiro atoms. The van der Waals surface area contributed by atoms with Crippen LogP contribution in [0.3, 0.4) is 0 Å². The summed E-state index contributed by atoms with van der Waals surface area (Å²) in [6, 6.07) is 4.52. The van der Waals surface area contributed by atoms with Gasteiger partial charge in [0, 0.05) is 23.8 Å². The van der Waals surface area contributed by atoms with E-state index in [1.165, 1.54) is 24.1 Å². The molecule has 3 heterocycles. The Morgan fingerprint density at radius 1 is 1.36 bits per heavy atom. The predicted molar refractivity (Wildman–Crippen MR) is 85.9 cm³/mol. The number of nitrogens with one attached hydrogen (secondary N) is 1. The smallest absolute Gasteiger partial charge is 0.137 e. The van der Waals surface area contributed by atoms with E-state index in [2.05, 4.69) is 40.0 Å². The fourth-order valence-corrected chi connectivity index (χ4v) is 3.36. The van der Waals surface area contributed by atoms with Crippen molar-refractivity contribution in [1.29, 1.82) is 0 Å². The SMILES string of the molecule is CCOc1ccc(CN2CCCC2c2c(C)n[nH]c2C)nc1. The lowest BCUT2D eigenvalue weighted by molar-refractivity contribution is 0.244. The highest BCUT2D eigenvalue weighted by Crippen LogP contribution is 2.35. The summed E-state index contributed by atoms with van der Waals surface area (Å²) >= 11 is 0. The fourth-order valence-electron chi connectivity index (χ4n) is 3.36. The molecule has 0 aromatic carbocycles. The third-order valence-corrected chi connectivity index (χ3v) is 4.36. The van der Waals surface area contributed by atoms with Crippen LogP contribution in [0.2, 0.25) is 0 Å². The Bertz CT molecular complexity index is 601. The second kappa shape index (κ2) is 6.48. The van der Waals surface area contributed by atoms with Gasteiger partial charge in [-0.3, -0.25) is 15.0 Å². The molecule has 1 saturated heterocycles. The zero-order valence-corrected chi connectivity index (χ0v) is 13.6. The quantitative estimate of drug-likeness (QED) is 0.921. The lowest BCUT2D eigenvalue weighted by atomic mass is 10.0. The van der Waals surface area contributed by atoms with Crippen molar-refractivity contribution in [3.8, 4) is 5.75 Å². The fraction of sp³-hybridized carbons (Fsp3) is 0.529. The summed E-state index contributed by atoms with van der Waals surface area (Å²) in [5.41, 5.74) is 4.76. The highest BCUT2D eigenvalue weighted by molar-refractivity contribution is 5.28. The first-order valence-corrected chi connectivity index (χ1v) is 8.02. The van der Waals surface area contributed by atoms with E-state index >= 15 is 0 Å². The molecular formula is C17H24N4O. The van der Waals surface area contributed by atoms with Gasteiger partial charge in [0.2, 0.25) is 0 Å². The number of nitrogens with zero attached hydrogens (tertiary/aromatic N) is 3. The molecule has 22 heavy (non-hydrogen) atoms. The molecular weight excluding hydrogens is 276 g/mol. The first kappa shape index (κ1) is 15.0. The van der Waals surface area contributed by atoms with Crippen molar-refractivity contribution >= 4 is 0 Å². The van der Waals surface area contributed by atoms with Gasteiger partial charge in [-0.15, -0.1) is 0 Å². The van der Waals surface area contributed by atoms with Crippen LogP contribution in [0, 0.1) is 13.8 Å². The summed E-state index contributed by atoms with van der Waals surface area (Å²) in [5, 5.41) is 7.46. The Morgan fingerprint density at radius 2 is 2.23 bits per heavy atom. The molecule has 1 unspecified atom stereocenters. The number of aryl methyl sites for hydroxylation is 2. The van der Waals surface area contributed by atoms with Crippen molar-refractivity contribution in [2.45, 2.75) is 46.2 Å². The Kier molecular flexibility index (Phi) is 4.43. The maximum Gasteiger partial charge on any atom is 0.137 e. The van der Waals surface area contributed by atoms with Gasteiger partial charge in [0.05, 0.1) is 24.2 Å². The van der Waals surface area contributed by atoms with Crippen molar-refractivity contribution in [3.05, 3.63) is 41.0 Å². The highest BCUT2D eigenvalue weighted by Gasteiger charge is 2.29. The van der Waals surface area contributed by atoms with E-state index in [0.29, 0.717) is 12.6 Å². The molecule has 118 valence electrons. The van der Waals surface area contributed by atoms with Gasteiger partial charge in [-0.2, -0.15) is 5.10 Å². The van der Waals surface area contributed by atoms with Crippen LogP contribution in [0.5, 0.6) is 5.75 Å². The minimum absolute atomic E-state index is 0.451. The lowest BCUT2D eigenvalue weighted by Gasteiger charge is -2.24. The van der Waals surface area contributed by atoms with Gasteiger partial charge in [0.15, 0.2) is 0 Å². The van der Waals surface area contributed by atoms with Crippen molar-refractivity contribution in [3.63, 3.8) is 0 Å². The van der Waals surface area contributed by atoms with Crippen LogP contribution in [-0.2, 0) is 6.54 Å². The number of ether oxygens (including phenoxy) is 1. The number of hydrogen-bond donors (Lipinski definition) is 1. The number of pyridine rings is 1. The zero-order valence-electron chi connectivity index (χ0n) is 13.6. The molecule has 1 aliphatic rings. The molecule has 1 atom stereocenters. The molecule has 5 nitrogen and oxygen atoms in total. The molecule has 2 aromatic heterocycles. The summed E-state index contributed by atoms with van der Waals surface area (Å²) in [4.78, 5) is 7.04. The van der Waals surface area contributed by atoms with Crippen LogP contribution >= 0.6 is 0 Å². The van der Waals surface area contributed by atoms with Crippen LogP contribution < -0.4 is 4.74 Å². The summed E-state index contributed by atoms with van der Waals surface area (Å²) in [5.74, 6) is 0.839. The van der Waals surface area contributed by atoms with E-state index in [0.717, 1.165) is 30.2 Å². The molecule has 0 bridgehead atoms. The van der Waals surface area contributed by atoms with Crippen LogP contribution in [0.1, 0.15) is 48.5 Å². The second-order valence-corrected chi connectivity index (χ2v) is 5.89. The second-order valence-electron chi connectivity index (χ2n) is 5.89. The molecule has 3 rings (SSSR count). The number of hydrogen-bond acceptors (Lipinski definition) is 4. The van der Waals surface area contributed by atoms with Crippen LogP contribution in [0.15, 0.2) is 18.3 Å². The van der Waals surface area contributed by atoms with Gasteiger partial charge in [0.25, 0.3) is 0 Å². The van der Waals surface area contributed by atoms with E-state index in [-0.39, 0.29) is 0 Å². The highest BCUT2D eigenvalue weighted by atomic mass is 16.5. The van der Waals surface area contributed by atoms with Gasteiger partial charge < -0.3 is 4.74 Å². The van der Waals surface area contributed by atoms with E-state index in [4.69, 9.17) is 4.74 Å². The number of rotatable bonds is 5. The van der Waals surface area contributed by atoms with E-state index in [9.17, 15) is 0 Å². The van der Waals surface area contributed by atoms with Crippen molar-refractivity contribution < 1.29 is 4.74 Å². The van der Waals surface area contributed by atoms with E-state index in [1.54, 1.807) is 0 Å². The topological polar surface area (TPSA) is 54.0 Å². The summed E-state index contributed by atoms with van der Waals surface area (Å²) < 4.78 is 5.45. The first-order valence-electron chi connectivity index (χ1n) is 8.02. The molecule has 1 N–H and O–H groups in total. The molecule has 0 saturated carbocycles. The number of H-pyrrole nitrogens is 1. The van der Waals surface area contributed by atoms with Crippen LogP contribution in [-0.4, -0.2) is 33.2 Å². The van der Waals surface area contributed by atoms with Crippen molar-refractivity contribution in [2.24, 2.45) is 0 Å². The molecule has 5 heteroatoms. The lowest BCUT2D eigenvalue weighted by Crippen LogP contribution is -2.24. The Morgan fingerprint density at radius 3 is 2.86 bits per heavy atom. The van der Waals surface area contributed by atoms with E-state index < -0.39 is 0 Å². The number of aromatic nitrogens is 3. The van der Waals surface area contributed by atoms with Crippen molar-refractivity contribution in [1.82, 2.24) is 20.1 Å². The molecule has 0 radical (unpaired) electrons.